The lowest BCUT2D eigenvalue weighted by molar-refractivity contribution is 0.102. The SMILES string of the molecule is COc1cc(OCCO[Si](c2ccccc2)(c2ccccc2)C(C)(C)C)ccc1C(=O)CBr. The zero-order valence-electron chi connectivity index (χ0n) is 19.6. The molecule has 0 saturated carbocycles. The summed E-state index contributed by atoms with van der Waals surface area (Å²) in [5.74, 6) is 1.11. The fourth-order valence-electron chi connectivity index (χ4n) is 4.18. The molecule has 0 amide bonds. The third-order valence-electron chi connectivity index (χ3n) is 5.68. The Kier molecular flexibility index (Phi) is 8.51. The summed E-state index contributed by atoms with van der Waals surface area (Å²) in [4.78, 5) is 12.1. The molecule has 3 rings (SSSR count). The second kappa shape index (κ2) is 11.1. The van der Waals surface area contributed by atoms with Gasteiger partial charge in [0.05, 0.1) is 24.6 Å². The monoisotopic (exact) mass is 526 g/mol. The van der Waals surface area contributed by atoms with Crippen molar-refractivity contribution in [3.05, 3.63) is 84.4 Å². The predicted octanol–water partition coefficient (Wildman–Crippen LogP) is 5.23. The number of Topliss-reactive ketones (excluding diaryl/α,β-unsaturated/α-hetero) is 1. The lowest BCUT2D eigenvalue weighted by atomic mass is 10.1. The van der Waals surface area contributed by atoms with Gasteiger partial charge in [-0.2, -0.15) is 0 Å². The Morgan fingerprint density at radius 1 is 0.879 bits per heavy atom. The highest BCUT2D eigenvalue weighted by Crippen LogP contribution is 2.36. The number of methoxy groups -OCH3 is 1. The molecule has 0 saturated heterocycles. The van der Waals surface area contributed by atoms with Gasteiger partial charge in [0.15, 0.2) is 5.78 Å². The van der Waals surface area contributed by atoms with Crippen molar-refractivity contribution in [3.8, 4) is 11.5 Å². The maximum Gasteiger partial charge on any atom is 0.261 e. The fourth-order valence-corrected chi connectivity index (χ4v) is 9.03. The van der Waals surface area contributed by atoms with E-state index in [9.17, 15) is 4.79 Å². The molecule has 0 heterocycles. The van der Waals surface area contributed by atoms with Crippen LogP contribution in [0.2, 0.25) is 5.04 Å². The Bertz CT molecular complexity index is 1010. The molecule has 0 aliphatic carbocycles. The molecule has 0 radical (unpaired) electrons. The third kappa shape index (κ3) is 5.57. The number of carbonyl (C=O) groups is 1. The number of hydrogen-bond donors (Lipinski definition) is 0. The first-order chi connectivity index (χ1) is 15.8. The number of rotatable bonds is 10. The highest BCUT2D eigenvalue weighted by Gasteiger charge is 2.50. The minimum absolute atomic E-state index is 0.0339. The van der Waals surface area contributed by atoms with E-state index in [2.05, 4.69) is 85.2 Å². The first-order valence-electron chi connectivity index (χ1n) is 11.0. The Hall–Kier alpha value is -2.41. The minimum Gasteiger partial charge on any atom is -0.496 e. The summed E-state index contributed by atoms with van der Waals surface area (Å²) < 4.78 is 18.2. The number of alkyl halides is 1. The molecule has 0 unspecified atom stereocenters. The van der Waals surface area contributed by atoms with Crippen LogP contribution < -0.4 is 19.8 Å². The standard InChI is InChI=1S/C27H31BrO4Si/c1-27(2,3)33(22-11-7-5-8-12-22,23-13-9-6-10-14-23)32-18-17-31-21-15-16-24(25(29)20-28)26(19-21)30-4/h5-16,19H,17-18,20H2,1-4H3. The van der Waals surface area contributed by atoms with Crippen LogP contribution in [0.1, 0.15) is 31.1 Å². The molecule has 0 N–H and O–H groups in total. The molecule has 0 aliphatic rings. The summed E-state index contributed by atoms with van der Waals surface area (Å²) in [5, 5.41) is 2.64. The van der Waals surface area contributed by atoms with Crippen LogP contribution in [0, 0.1) is 0 Å². The molecular weight excluding hydrogens is 496 g/mol. The summed E-state index contributed by atoms with van der Waals surface area (Å²) in [5.41, 5.74) is 0.533. The molecule has 0 aromatic heterocycles. The van der Waals surface area contributed by atoms with Crippen LogP contribution in [0.4, 0.5) is 0 Å². The Balaban J connectivity index is 1.82. The number of ketones is 1. The number of benzene rings is 3. The summed E-state index contributed by atoms with van der Waals surface area (Å²) >= 11 is 3.21. The molecule has 174 valence electrons. The van der Waals surface area contributed by atoms with E-state index in [1.54, 1.807) is 25.3 Å². The van der Waals surface area contributed by atoms with Crippen molar-refractivity contribution in [1.82, 2.24) is 0 Å². The third-order valence-corrected chi connectivity index (χ3v) is 11.2. The highest BCUT2D eigenvalue weighted by molar-refractivity contribution is 9.09. The van der Waals surface area contributed by atoms with Gasteiger partial charge in [-0.25, -0.2) is 0 Å². The van der Waals surface area contributed by atoms with Crippen LogP contribution in [0.15, 0.2) is 78.9 Å². The molecule has 0 fully saturated rings. The van der Waals surface area contributed by atoms with E-state index < -0.39 is 8.32 Å². The van der Waals surface area contributed by atoms with Gasteiger partial charge >= 0.3 is 0 Å². The summed E-state index contributed by atoms with van der Waals surface area (Å²) in [6.45, 7) is 7.59. The van der Waals surface area contributed by atoms with Gasteiger partial charge in [0.2, 0.25) is 0 Å². The summed E-state index contributed by atoms with van der Waals surface area (Å²) in [6.07, 6.45) is 0. The first kappa shape index (κ1) is 25.2. The van der Waals surface area contributed by atoms with E-state index in [1.807, 2.05) is 12.1 Å². The van der Waals surface area contributed by atoms with Crippen molar-refractivity contribution in [2.45, 2.75) is 25.8 Å². The van der Waals surface area contributed by atoms with Crippen LogP contribution in [-0.4, -0.2) is 39.8 Å². The van der Waals surface area contributed by atoms with Gasteiger partial charge in [-0.05, 0) is 27.5 Å². The van der Waals surface area contributed by atoms with Crippen molar-refractivity contribution in [2.75, 3.05) is 25.7 Å². The Morgan fingerprint density at radius 2 is 1.45 bits per heavy atom. The zero-order chi connectivity index (χ0) is 23.9. The van der Waals surface area contributed by atoms with E-state index in [1.165, 1.54) is 10.4 Å². The molecule has 0 aliphatic heterocycles. The molecular formula is C27H31BrO4Si. The molecule has 0 bridgehead atoms. The van der Waals surface area contributed by atoms with E-state index >= 15 is 0 Å². The van der Waals surface area contributed by atoms with Crippen molar-refractivity contribution >= 4 is 40.4 Å². The van der Waals surface area contributed by atoms with Gasteiger partial charge in [-0.15, -0.1) is 0 Å². The number of ether oxygens (including phenoxy) is 2. The van der Waals surface area contributed by atoms with Gasteiger partial charge in [-0.1, -0.05) is 97.4 Å². The van der Waals surface area contributed by atoms with Crippen LogP contribution in [0.3, 0.4) is 0 Å². The Labute approximate surface area is 206 Å². The van der Waals surface area contributed by atoms with Crippen LogP contribution in [0.25, 0.3) is 0 Å². The number of carbonyl (C=O) groups excluding carboxylic acids is 1. The average Bonchev–Trinajstić information content (AvgIpc) is 2.83. The molecule has 0 atom stereocenters. The maximum absolute atomic E-state index is 12.1. The summed E-state index contributed by atoms with van der Waals surface area (Å²) in [6, 6.07) is 26.4. The highest BCUT2D eigenvalue weighted by atomic mass is 79.9. The number of hydrogen-bond acceptors (Lipinski definition) is 4. The van der Waals surface area contributed by atoms with E-state index in [-0.39, 0.29) is 16.2 Å². The molecule has 33 heavy (non-hydrogen) atoms. The van der Waals surface area contributed by atoms with Crippen molar-refractivity contribution < 1.29 is 18.7 Å². The van der Waals surface area contributed by atoms with E-state index in [0.29, 0.717) is 30.3 Å². The van der Waals surface area contributed by atoms with E-state index in [4.69, 9.17) is 13.9 Å². The molecule has 3 aromatic rings. The Morgan fingerprint density at radius 3 is 1.94 bits per heavy atom. The maximum atomic E-state index is 12.1. The second-order valence-electron chi connectivity index (χ2n) is 8.78. The van der Waals surface area contributed by atoms with Gasteiger partial charge in [-0.3, -0.25) is 4.79 Å². The lowest BCUT2D eigenvalue weighted by Crippen LogP contribution is -2.66. The zero-order valence-corrected chi connectivity index (χ0v) is 22.2. The van der Waals surface area contributed by atoms with E-state index in [0.717, 1.165) is 0 Å². The quantitative estimate of drug-likeness (QED) is 0.157. The second-order valence-corrected chi connectivity index (χ2v) is 13.6. The smallest absolute Gasteiger partial charge is 0.261 e. The normalized spacial score (nSPS) is 11.8. The minimum atomic E-state index is -2.59. The van der Waals surface area contributed by atoms with Gasteiger partial charge in [0, 0.05) is 6.07 Å². The topological polar surface area (TPSA) is 44.8 Å². The molecule has 0 spiro atoms. The summed E-state index contributed by atoms with van der Waals surface area (Å²) in [7, 11) is -1.04. The van der Waals surface area contributed by atoms with Crippen molar-refractivity contribution in [2.24, 2.45) is 0 Å². The molecule has 6 heteroatoms. The van der Waals surface area contributed by atoms with Crippen LogP contribution in [0.5, 0.6) is 11.5 Å². The molecule has 3 aromatic carbocycles. The van der Waals surface area contributed by atoms with Gasteiger partial charge < -0.3 is 13.9 Å². The predicted molar refractivity (Wildman–Crippen MR) is 140 cm³/mol. The van der Waals surface area contributed by atoms with Crippen LogP contribution in [-0.2, 0) is 4.43 Å². The fraction of sp³-hybridized carbons (Fsp3) is 0.296. The van der Waals surface area contributed by atoms with Crippen molar-refractivity contribution in [3.63, 3.8) is 0 Å². The lowest BCUT2D eigenvalue weighted by Gasteiger charge is -2.43. The van der Waals surface area contributed by atoms with Crippen molar-refractivity contribution in [1.29, 1.82) is 0 Å². The number of halogens is 1. The average molecular weight is 528 g/mol. The van der Waals surface area contributed by atoms with Gasteiger partial charge in [0.25, 0.3) is 8.32 Å². The van der Waals surface area contributed by atoms with Gasteiger partial charge in [0.1, 0.15) is 18.1 Å². The molecule has 4 nitrogen and oxygen atoms in total. The largest absolute Gasteiger partial charge is 0.496 e. The van der Waals surface area contributed by atoms with Crippen LogP contribution >= 0.6 is 15.9 Å². The first-order valence-corrected chi connectivity index (χ1v) is 14.0.